The minimum Gasteiger partial charge on any atom is -0.438 e. The molecule has 1 amide bonds. The largest absolute Gasteiger partial charge is 0.438 e. The lowest BCUT2D eigenvalue weighted by Crippen LogP contribution is -2.18. The van der Waals surface area contributed by atoms with Crippen molar-refractivity contribution in [2.24, 2.45) is 0 Å². The van der Waals surface area contributed by atoms with Gasteiger partial charge in [0.15, 0.2) is 5.76 Å². The first kappa shape index (κ1) is 15.3. The topological polar surface area (TPSA) is 88.4 Å². The molecule has 2 N–H and O–H groups in total. The van der Waals surface area contributed by atoms with Gasteiger partial charge in [0.1, 0.15) is 0 Å². The molecule has 0 unspecified atom stereocenters. The van der Waals surface area contributed by atoms with Crippen LogP contribution in [0.3, 0.4) is 0 Å². The van der Waals surface area contributed by atoms with Crippen LogP contribution in [-0.2, 0) is 10.0 Å². The summed E-state index contributed by atoms with van der Waals surface area (Å²) in [5.41, 5.74) is 2.52. The Bertz CT molecular complexity index is 758. The summed E-state index contributed by atoms with van der Waals surface area (Å²) in [5.74, 6) is -0.559. The Hall–Kier alpha value is -2.12. The van der Waals surface area contributed by atoms with Crippen molar-refractivity contribution in [3.8, 4) is 0 Å². The highest BCUT2D eigenvalue weighted by atomic mass is 32.2. The summed E-state index contributed by atoms with van der Waals surface area (Å²) in [6, 6.07) is 8.21. The summed E-state index contributed by atoms with van der Waals surface area (Å²) >= 11 is 0. The Balaban J connectivity index is 2.26. The summed E-state index contributed by atoms with van der Waals surface area (Å²) in [5, 5.41) is 2.43. The monoisotopic (exact) mass is 308 g/mol. The van der Waals surface area contributed by atoms with E-state index in [0.717, 1.165) is 11.1 Å². The van der Waals surface area contributed by atoms with Crippen molar-refractivity contribution in [3.05, 3.63) is 47.2 Å². The van der Waals surface area contributed by atoms with Crippen molar-refractivity contribution >= 4 is 21.6 Å². The number of hydrogen-bond donors (Lipinski definition) is 2. The molecule has 0 fully saturated rings. The molecular weight excluding hydrogens is 292 g/mol. The molecule has 0 bridgehead atoms. The molecule has 21 heavy (non-hydrogen) atoms. The van der Waals surface area contributed by atoms with Crippen LogP contribution < -0.4 is 10.0 Å². The zero-order valence-electron chi connectivity index (χ0n) is 11.9. The van der Waals surface area contributed by atoms with Gasteiger partial charge in [-0.2, -0.15) is 0 Å². The first-order valence-electron chi connectivity index (χ1n) is 6.26. The maximum absolute atomic E-state index is 12.1. The lowest BCUT2D eigenvalue weighted by atomic mass is 10.1. The number of nitrogens with one attached hydrogen (secondary N) is 2. The second-order valence-corrected chi connectivity index (χ2v) is 6.36. The fraction of sp³-hybridized carbons (Fsp3) is 0.214. The van der Waals surface area contributed by atoms with Crippen LogP contribution in [0.1, 0.15) is 21.7 Å². The van der Waals surface area contributed by atoms with Crippen LogP contribution >= 0.6 is 0 Å². The van der Waals surface area contributed by atoms with Crippen molar-refractivity contribution in [1.29, 1.82) is 0 Å². The van der Waals surface area contributed by atoms with Crippen LogP contribution in [0.25, 0.3) is 0 Å². The third kappa shape index (κ3) is 3.14. The Labute approximate surface area is 123 Å². The van der Waals surface area contributed by atoms with Crippen molar-refractivity contribution < 1.29 is 17.6 Å². The van der Waals surface area contributed by atoms with Gasteiger partial charge in [-0.3, -0.25) is 4.79 Å². The lowest BCUT2D eigenvalue weighted by Gasteiger charge is -2.10. The van der Waals surface area contributed by atoms with Gasteiger partial charge in [0, 0.05) is 5.69 Å². The number of amides is 1. The molecular formula is C14H16N2O4S. The van der Waals surface area contributed by atoms with Crippen LogP contribution in [0.4, 0.5) is 5.69 Å². The van der Waals surface area contributed by atoms with E-state index < -0.39 is 15.9 Å². The number of hydrogen-bond acceptors (Lipinski definition) is 4. The SMILES string of the molecule is CNS(=O)(=O)c1ccc(C(=O)Nc2c(C)cccc2C)o1. The van der Waals surface area contributed by atoms with Gasteiger partial charge in [-0.05, 0) is 44.2 Å². The number of sulfonamides is 1. The van der Waals surface area contributed by atoms with Gasteiger partial charge < -0.3 is 9.73 Å². The molecule has 0 saturated carbocycles. The number of rotatable bonds is 4. The minimum absolute atomic E-state index is 0.0634. The van der Waals surface area contributed by atoms with Gasteiger partial charge in [-0.1, -0.05) is 18.2 Å². The standard InChI is InChI=1S/C14H16N2O4S/c1-9-5-4-6-10(2)13(9)16-14(17)11-7-8-12(20-11)21(18,19)15-3/h4-8,15H,1-3H3,(H,16,17). The van der Waals surface area contributed by atoms with Gasteiger partial charge in [-0.15, -0.1) is 0 Å². The van der Waals surface area contributed by atoms with E-state index in [1.165, 1.54) is 19.2 Å². The van der Waals surface area contributed by atoms with Gasteiger partial charge >= 0.3 is 0 Å². The summed E-state index contributed by atoms with van der Waals surface area (Å²) in [4.78, 5) is 12.1. The highest BCUT2D eigenvalue weighted by Gasteiger charge is 2.20. The highest BCUT2D eigenvalue weighted by Crippen LogP contribution is 2.21. The molecule has 0 aliphatic carbocycles. The molecule has 1 aromatic carbocycles. The van der Waals surface area contributed by atoms with Crippen molar-refractivity contribution in [2.75, 3.05) is 12.4 Å². The lowest BCUT2D eigenvalue weighted by molar-refractivity contribution is 0.0991. The Morgan fingerprint density at radius 3 is 2.29 bits per heavy atom. The maximum Gasteiger partial charge on any atom is 0.291 e. The Kier molecular flexibility index (Phi) is 4.15. The average Bonchev–Trinajstić information content (AvgIpc) is 2.93. The number of para-hydroxylation sites is 1. The summed E-state index contributed by atoms with van der Waals surface area (Å²) < 4.78 is 30.3. The highest BCUT2D eigenvalue weighted by molar-refractivity contribution is 7.89. The van der Waals surface area contributed by atoms with Gasteiger partial charge in [0.05, 0.1) is 0 Å². The van der Waals surface area contributed by atoms with E-state index in [1.54, 1.807) is 0 Å². The second kappa shape index (κ2) is 5.71. The normalized spacial score (nSPS) is 11.4. The molecule has 0 atom stereocenters. The van der Waals surface area contributed by atoms with E-state index in [2.05, 4.69) is 10.0 Å². The molecule has 0 spiro atoms. The Morgan fingerprint density at radius 2 is 1.71 bits per heavy atom. The van der Waals surface area contributed by atoms with E-state index in [9.17, 15) is 13.2 Å². The molecule has 2 aromatic rings. The van der Waals surface area contributed by atoms with Crippen LogP contribution in [0.15, 0.2) is 39.8 Å². The zero-order valence-corrected chi connectivity index (χ0v) is 12.7. The average molecular weight is 308 g/mol. The van der Waals surface area contributed by atoms with Crippen molar-refractivity contribution in [3.63, 3.8) is 0 Å². The van der Waals surface area contributed by atoms with Gasteiger partial charge in [0.25, 0.3) is 15.9 Å². The number of carbonyl (C=O) groups excluding carboxylic acids is 1. The predicted molar refractivity (Wildman–Crippen MR) is 78.8 cm³/mol. The third-order valence-corrected chi connectivity index (χ3v) is 4.34. The molecule has 2 rings (SSSR count). The van der Waals surface area contributed by atoms with E-state index in [-0.39, 0.29) is 10.9 Å². The molecule has 0 radical (unpaired) electrons. The van der Waals surface area contributed by atoms with E-state index in [1.807, 2.05) is 32.0 Å². The molecule has 0 saturated heterocycles. The van der Waals surface area contributed by atoms with Crippen LogP contribution in [-0.4, -0.2) is 21.4 Å². The summed E-state index contributed by atoms with van der Waals surface area (Å²) in [6.45, 7) is 3.75. The third-order valence-electron chi connectivity index (χ3n) is 3.06. The van der Waals surface area contributed by atoms with Crippen molar-refractivity contribution in [1.82, 2.24) is 4.72 Å². The van der Waals surface area contributed by atoms with Crippen LogP contribution in [0.5, 0.6) is 0 Å². The summed E-state index contributed by atoms with van der Waals surface area (Å²) in [6.07, 6.45) is 0. The van der Waals surface area contributed by atoms with E-state index >= 15 is 0 Å². The van der Waals surface area contributed by atoms with Gasteiger partial charge in [0.2, 0.25) is 5.09 Å². The smallest absolute Gasteiger partial charge is 0.291 e. The van der Waals surface area contributed by atoms with E-state index in [4.69, 9.17) is 4.42 Å². The minimum atomic E-state index is -3.70. The molecule has 112 valence electrons. The van der Waals surface area contributed by atoms with Crippen LogP contribution in [0, 0.1) is 13.8 Å². The van der Waals surface area contributed by atoms with Gasteiger partial charge in [-0.25, -0.2) is 13.1 Å². The molecule has 6 nitrogen and oxygen atoms in total. The number of anilines is 1. The fourth-order valence-corrected chi connectivity index (χ4v) is 2.52. The quantitative estimate of drug-likeness (QED) is 0.905. The number of benzene rings is 1. The molecule has 0 aliphatic rings. The summed E-state index contributed by atoms with van der Waals surface area (Å²) in [7, 11) is -2.42. The zero-order chi connectivity index (χ0) is 15.6. The molecule has 7 heteroatoms. The van der Waals surface area contributed by atoms with Crippen molar-refractivity contribution in [2.45, 2.75) is 18.9 Å². The first-order chi connectivity index (χ1) is 9.85. The fourth-order valence-electron chi connectivity index (χ4n) is 1.87. The Morgan fingerprint density at radius 1 is 1.10 bits per heavy atom. The number of furan rings is 1. The predicted octanol–water partition coefficient (Wildman–Crippen LogP) is 2.06. The molecule has 1 heterocycles. The molecule has 1 aromatic heterocycles. The maximum atomic E-state index is 12.1. The molecule has 0 aliphatic heterocycles. The number of aryl methyl sites for hydroxylation is 2. The first-order valence-corrected chi connectivity index (χ1v) is 7.74. The second-order valence-electron chi connectivity index (χ2n) is 4.55. The number of carbonyl (C=O) groups is 1. The van der Waals surface area contributed by atoms with E-state index in [0.29, 0.717) is 5.69 Å². The van der Waals surface area contributed by atoms with Crippen LogP contribution in [0.2, 0.25) is 0 Å².